The Morgan fingerprint density at radius 2 is 2.22 bits per heavy atom. The van der Waals surface area contributed by atoms with Crippen LogP contribution in [0.5, 0.6) is 0 Å². The number of hydrogen-bond acceptors (Lipinski definition) is 2. The molecule has 1 aromatic carbocycles. The molecule has 18 heavy (non-hydrogen) atoms. The monoisotopic (exact) mass is 327 g/mol. The van der Waals surface area contributed by atoms with E-state index in [0.29, 0.717) is 6.04 Å². The first-order chi connectivity index (χ1) is 8.56. The van der Waals surface area contributed by atoms with Gasteiger partial charge in [-0.2, -0.15) is 5.10 Å². The second-order valence-corrected chi connectivity index (χ2v) is 5.68. The van der Waals surface area contributed by atoms with Crippen molar-refractivity contribution in [3.05, 3.63) is 45.7 Å². The molecular formula is C13H15BrClN3. The van der Waals surface area contributed by atoms with Crippen molar-refractivity contribution in [2.75, 3.05) is 5.32 Å². The van der Waals surface area contributed by atoms with Gasteiger partial charge in [-0.25, -0.2) is 0 Å². The summed E-state index contributed by atoms with van der Waals surface area (Å²) in [6.45, 7) is 4.95. The van der Waals surface area contributed by atoms with Crippen LogP contribution in [0.1, 0.15) is 25.5 Å². The topological polar surface area (TPSA) is 29.9 Å². The van der Waals surface area contributed by atoms with Crippen LogP contribution in [0, 0.1) is 0 Å². The van der Waals surface area contributed by atoms with E-state index in [1.807, 2.05) is 35.3 Å². The summed E-state index contributed by atoms with van der Waals surface area (Å²) in [7, 11) is 0. The number of nitrogens with one attached hydrogen (secondary N) is 1. The fourth-order valence-electron chi connectivity index (χ4n) is 1.57. The number of aromatic nitrogens is 2. The molecule has 2 aromatic rings. The van der Waals surface area contributed by atoms with Crippen LogP contribution in [0.25, 0.3) is 0 Å². The minimum atomic E-state index is 0.378. The number of anilines is 1. The molecule has 0 unspecified atom stereocenters. The summed E-state index contributed by atoms with van der Waals surface area (Å²) in [4.78, 5) is 0. The molecule has 0 aliphatic rings. The van der Waals surface area contributed by atoms with Gasteiger partial charge in [0, 0.05) is 28.3 Å². The minimum absolute atomic E-state index is 0.378. The highest BCUT2D eigenvalue weighted by molar-refractivity contribution is 9.10. The van der Waals surface area contributed by atoms with Crippen LogP contribution in [0.15, 0.2) is 35.1 Å². The van der Waals surface area contributed by atoms with E-state index in [1.165, 1.54) is 0 Å². The molecule has 0 fully saturated rings. The zero-order valence-electron chi connectivity index (χ0n) is 10.3. The highest BCUT2D eigenvalue weighted by Gasteiger charge is 2.03. The Hall–Kier alpha value is -1.00. The molecular weight excluding hydrogens is 314 g/mol. The predicted octanol–water partition coefficient (Wildman–Crippen LogP) is 4.49. The summed E-state index contributed by atoms with van der Waals surface area (Å²) in [5, 5.41) is 8.36. The van der Waals surface area contributed by atoms with Crippen LogP contribution < -0.4 is 5.32 Å². The van der Waals surface area contributed by atoms with Gasteiger partial charge in [0.1, 0.15) is 0 Å². The van der Waals surface area contributed by atoms with Crippen molar-refractivity contribution in [2.24, 2.45) is 0 Å². The molecule has 0 saturated carbocycles. The van der Waals surface area contributed by atoms with E-state index in [0.717, 1.165) is 27.3 Å². The van der Waals surface area contributed by atoms with Crippen molar-refractivity contribution in [3.8, 4) is 0 Å². The lowest BCUT2D eigenvalue weighted by molar-refractivity contribution is 0.532. The van der Waals surface area contributed by atoms with Crippen molar-refractivity contribution in [1.29, 1.82) is 0 Å². The van der Waals surface area contributed by atoms with E-state index in [9.17, 15) is 0 Å². The standard InChI is InChI=1S/C13H15BrClN3/c1-9(2)18-8-12(7-17-18)16-6-10-3-4-11(15)5-13(10)14/h3-5,7-9,16H,6H2,1-2H3. The summed E-state index contributed by atoms with van der Waals surface area (Å²) in [5.74, 6) is 0. The van der Waals surface area contributed by atoms with Gasteiger partial charge in [0.15, 0.2) is 0 Å². The summed E-state index contributed by atoms with van der Waals surface area (Å²) in [6.07, 6.45) is 3.85. The van der Waals surface area contributed by atoms with Gasteiger partial charge in [-0.1, -0.05) is 33.6 Å². The molecule has 0 spiro atoms. The molecule has 0 aliphatic heterocycles. The molecule has 1 N–H and O–H groups in total. The van der Waals surface area contributed by atoms with Gasteiger partial charge in [-0.3, -0.25) is 4.68 Å². The number of rotatable bonds is 4. The maximum absolute atomic E-state index is 5.91. The van der Waals surface area contributed by atoms with E-state index in [1.54, 1.807) is 0 Å². The highest BCUT2D eigenvalue weighted by Crippen LogP contribution is 2.22. The molecule has 0 saturated heterocycles. The van der Waals surface area contributed by atoms with Gasteiger partial charge in [0.25, 0.3) is 0 Å². The van der Waals surface area contributed by atoms with Gasteiger partial charge in [-0.05, 0) is 31.5 Å². The van der Waals surface area contributed by atoms with E-state index >= 15 is 0 Å². The van der Waals surface area contributed by atoms with Crippen LogP contribution in [-0.4, -0.2) is 9.78 Å². The summed E-state index contributed by atoms with van der Waals surface area (Å²) in [6, 6.07) is 6.17. The van der Waals surface area contributed by atoms with E-state index < -0.39 is 0 Å². The van der Waals surface area contributed by atoms with Crippen LogP contribution >= 0.6 is 27.5 Å². The molecule has 0 radical (unpaired) electrons. The predicted molar refractivity (Wildman–Crippen MR) is 79.1 cm³/mol. The summed E-state index contributed by atoms with van der Waals surface area (Å²) < 4.78 is 2.94. The van der Waals surface area contributed by atoms with E-state index in [4.69, 9.17) is 11.6 Å². The first kappa shape index (κ1) is 13.4. The van der Waals surface area contributed by atoms with Gasteiger partial charge in [0.2, 0.25) is 0 Å². The van der Waals surface area contributed by atoms with Crippen molar-refractivity contribution >= 4 is 33.2 Å². The SMILES string of the molecule is CC(C)n1cc(NCc2ccc(Cl)cc2Br)cn1. The number of nitrogens with zero attached hydrogens (tertiary/aromatic N) is 2. The van der Waals surface area contributed by atoms with Gasteiger partial charge in [0.05, 0.1) is 11.9 Å². The first-order valence-corrected chi connectivity index (χ1v) is 6.95. The van der Waals surface area contributed by atoms with E-state index in [-0.39, 0.29) is 0 Å². The average Bonchev–Trinajstić information content (AvgIpc) is 2.76. The maximum atomic E-state index is 5.91. The third kappa shape index (κ3) is 3.27. The minimum Gasteiger partial charge on any atom is -0.378 e. The van der Waals surface area contributed by atoms with Gasteiger partial charge >= 0.3 is 0 Å². The van der Waals surface area contributed by atoms with E-state index in [2.05, 4.69) is 40.2 Å². The molecule has 0 bridgehead atoms. The number of halogens is 2. The molecule has 5 heteroatoms. The summed E-state index contributed by atoms with van der Waals surface area (Å²) in [5.41, 5.74) is 2.18. The molecule has 0 atom stereocenters. The molecule has 1 heterocycles. The van der Waals surface area contributed by atoms with Crippen molar-refractivity contribution in [1.82, 2.24) is 9.78 Å². The maximum Gasteiger partial charge on any atom is 0.0729 e. The van der Waals surface area contributed by atoms with Crippen molar-refractivity contribution in [2.45, 2.75) is 26.4 Å². The smallest absolute Gasteiger partial charge is 0.0729 e. The summed E-state index contributed by atoms with van der Waals surface area (Å²) >= 11 is 9.41. The largest absolute Gasteiger partial charge is 0.378 e. The Bertz CT molecular complexity index is 537. The zero-order valence-corrected chi connectivity index (χ0v) is 12.7. The lowest BCUT2D eigenvalue weighted by Crippen LogP contribution is -2.01. The second kappa shape index (κ2) is 5.76. The van der Waals surface area contributed by atoms with Crippen LogP contribution in [0.2, 0.25) is 5.02 Å². The molecule has 3 nitrogen and oxygen atoms in total. The second-order valence-electron chi connectivity index (χ2n) is 4.39. The van der Waals surface area contributed by atoms with Crippen molar-refractivity contribution < 1.29 is 0 Å². The molecule has 96 valence electrons. The Balaban J connectivity index is 2.02. The fourth-order valence-corrected chi connectivity index (χ4v) is 2.40. The van der Waals surface area contributed by atoms with Crippen LogP contribution in [0.4, 0.5) is 5.69 Å². The van der Waals surface area contributed by atoms with Gasteiger partial charge in [-0.15, -0.1) is 0 Å². The molecule has 0 aliphatic carbocycles. The zero-order chi connectivity index (χ0) is 13.1. The Labute approximate surface area is 120 Å². The van der Waals surface area contributed by atoms with Crippen LogP contribution in [0.3, 0.4) is 0 Å². The molecule has 0 amide bonds. The Morgan fingerprint density at radius 1 is 1.44 bits per heavy atom. The first-order valence-electron chi connectivity index (χ1n) is 5.78. The highest BCUT2D eigenvalue weighted by atomic mass is 79.9. The van der Waals surface area contributed by atoms with Crippen LogP contribution in [-0.2, 0) is 6.54 Å². The lowest BCUT2D eigenvalue weighted by Gasteiger charge is -2.07. The fraction of sp³-hybridized carbons (Fsp3) is 0.308. The third-order valence-corrected chi connectivity index (χ3v) is 3.60. The van der Waals surface area contributed by atoms with Crippen molar-refractivity contribution in [3.63, 3.8) is 0 Å². The lowest BCUT2D eigenvalue weighted by atomic mass is 10.2. The Kier molecular flexibility index (Phi) is 4.30. The number of hydrogen-bond donors (Lipinski definition) is 1. The Morgan fingerprint density at radius 3 is 2.83 bits per heavy atom. The normalized spacial score (nSPS) is 10.9. The average molecular weight is 329 g/mol. The van der Waals surface area contributed by atoms with Gasteiger partial charge < -0.3 is 5.32 Å². The molecule has 1 aromatic heterocycles. The number of benzene rings is 1. The third-order valence-electron chi connectivity index (χ3n) is 2.63. The quantitative estimate of drug-likeness (QED) is 0.896. The molecule has 2 rings (SSSR count).